The third-order valence-corrected chi connectivity index (χ3v) is 1.87. The molecule has 2 nitrogen and oxygen atoms in total. The van der Waals surface area contributed by atoms with Crippen LogP contribution < -0.4 is 0 Å². The van der Waals surface area contributed by atoms with Gasteiger partial charge in [0.25, 0.3) is 0 Å². The fourth-order valence-corrected chi connectivity index (χ4v) is 1.11. The smallest absolute Gasteiger partial charge is 0.449 e. The molecule has 0 bridgehead atoms. The number of phenols is 1. The number of ketones is 1. The van der Waals surface area contributed by atoms with E-state index in [4.69, 9.17) is 5.11 Å². The van der Waals surface area contributed by atoms with Crippen LogP contribution in [0.15, 0.2) is 24.3 Å². The Bertz CT molecular complexity index is 358. The van der Waals surface area contributed by atoms with Crippen LogP contribution in [-0.4, -0.2) is 17.1 Å². The molecule has 1 aromatic rings. The number of carbonyl (C=O) groups excluding carboxylic acids is 1. The molecule has 82 valence electrons. The third-order valence-electron chi connectivity index (χ3n) is 1.87. The van der Waals surface area contributed by atoms with Crippen molar-refractivity contribution in [3.8, 4) is 5.75 Å². The normalized spacial score (nSPS) is 11.4. The molecule has 0 aliphatic heterocycles. The van der Waals surface area contributed by atoms with Crippen molar-refractivity contribution in [2.75, 3.05) is 0 Å². The summed E-state index contributed by atoms with van der Waals surface area (Å²) >= 11 is 0. The predicted molar refractivity (Wildman–Crippen MR) is 47.5 cm³/mol. The number of Topliss-reactive ketones (excluding diaryl/α,β-unsaturated/α-hetero) is 1. The SMILES string of the molecule is O=C(CCc1cccc(O)c1)C(F)(F)F. The van der Waals surface area contributed by atoms with Crippen molar-refractivity contribution in [3.63, 3.8) is 0 Å². The lowest BCUT2D eigenvalue weighted by atomic mass is 10.1. The van der Waals surface area contributed by atoms with Gasteiger partial charge in [-0.1, -0.05) is 12.1 Å². The van der Waals surface area contributed by atoms with Gasteiger partial charge >= 0.3 is 6.18 Å². The van der Waals surface area contributed by atoms with Crippen LogP contribution >= 0.6 is 0 Å². The summed E-state index contributed by atoms with van der Waals surface area (Å²) in [6.07, 6.45) is -5.38. The maximum Gasteiger partial charge on any atom is 0.449 e. The van der Waals surface area contributed by atoms with E-state index >= 15 is 0 Å². The molecule has 0 saturated carbocycles. The molecule has 0 aliphatic carbocycles. The first kappa shape index (κ1) is 11.6. The van der Waals surface area contributed by atoms with Crippen molar-refractivity contribution in [3.05, 3.63) is 29.8 Å². The predicted octanol–water partition coefficient (Wildman–Crippen LogP) is 2.46. The molecule has 5 heteroatoms. The highest BCUT2D eigenvalue weighted by Crippen LogP contribution is 2.20. The standard InChI is InChI=1S/C10H9F3O2/c11-10(12,13)9(15)5-4-7-2-1-3-8(14)6-7/h1-3,6,14H,4-5H2. The van der Waals surface area contributed by atoms with Crippen molar-refractivity contribution in [2.45, 2.75) is 19.0 Å². The van der Waals surface area contributed by atoms with E-state index in [1.54, 1.807) is 6.07 Å². The van der Waals surface area contributed by atoms with Crippen LogP contribution in [0, 0.1) is 0 Å². The molecule has 0 atom stereocenters. The number of rotatable bonds is 3. The Morgan fingerprint density at radius 1 is 1.33 bits per heavy atom. The summed E-state index contributed by atoms with van der Waals surface area (Å²) in [6, 6.07) is 5.82. The van der Waals surface area contributed by atoms with Gasteiger partial charge in [-0.05, 0) is 24.1 Å². The van der Waals surface area contributed by atoms with Gasteiger partial charge in [0.2, 0.25) is 5.78 Å². The lowest BCUT2D eigenvalue weighted by molar-refractivity contribution is -0.171. The van der Waals surface area contributed by atoms with Gasteiger partial charge in [0, 0.05) is 6.42 Å². The van der Waals surface area contributed by atoms with Crippen LogP contribution in [0.2, 0.25) is 0 Å². The lowest BCUT2D eigenvalue weighted by Crippen LogP contribution is -2.22. The minimum Gasteiger partial charge on any atom is -0.508 e. The fourth-order valence-electron chi connectivity index (χ4n) is 1.11. The minimum atomic E-state index is -4.77. The maximum atomic E-state index is 11.8. The Hall–Kier alpha value is -1.52. The molecule has 0 aliphatic rings. The number of halogens is 3. The first-order valence-corrected chi connectivity index (χ1v) is 4.27. The Balaban J connectivity index is 2.55. The van der Waals surface area contributed by atoms with Gasteiger partial charge in [-0.25, -0.2) is 0 Å². The monoisotopic (exact) mass is 218 g/mol. The second-order valence-electron chi connectivity index (χ2n) is 3.09. The molecule has 1 rings (SSSR count). The highest BCUT2D eigenvalue weighted by Gasteiger charge is 2.37. The zero-order valence-corrected chi connectivity index (χ0v) is 7.71. The summed E-state index contributed by atoms with van der Waals surface area (Å²) < 4.78 is 35.5. The molecule has 0 spiro atoms. The van der Waals surface area contributed by atoms with Crippen LogP contribution in [0.1, 0.15) is 12.0 Å². The minimum absolute atomic E-state index is 0.0211. The Morgan fingerprint density at radius 3 is 2.53 bits per heavy atom. The van der Waals surface area contributed by atoms with Crippen LogP contribution in [-0.2, 0) is 11.2 Å². The van der Waals surface area contributed by atoms with Gasteiger partial charge in [-0.15, -0.1) is 0 Å². The molecule has 0 unspecified atom stereocenters. The van der Waals surface area contributed by atoms with Crippen LogP contribution in [0.3, 0.4) is 0 Å². The van der Waals surface area contributed by atoms with Gasteiger partial charge in [0.05, 0.1) is 0 Å². The van der Waals surface area contributed by atoms with E-state index in [-0.39, 0.29) is 12.2 Å². The van der Waals surface area contributed by atoms with E-state index in [2.05, 4.69) is 0 Å². The molecule has 0 saturated heterocycles. The van der Waals surface area contributed by atoms with Crippen LogP contribution in [0.4, 0.5) is 13.2 Å². The van der Waals surface area contributed by atoms with Gasteiger partial charge in [-0.2, -0.15) is 13.2 Å². The largest absolute Gasteiger partial charge is 0.508 e. The molecule has 0 amide bonds. The Morgan fingerprint density at radius 2 is 2.00 bits per heavy atom. The average molecular weight is 218 g/mol. The van der Waals surface area contributed by atoms with E-state index in [1.165, 1.54) is 18.2 Å². The highest BCUT2D eigenvalue weighted by molar-refractivity contribution is 5.84. The number of carbonyl (C=O) groups is 1. The topological polar surface area (TPSA) is 37.3 Å². The first-order valence-electron chi connectivity index (χ1n) is 4.27. The van der Waals surface area contributed by atoms with E-state index < -0.39 is 18.4 Å². The highest BCUT2D eigenvalue weighted by atomic mass is 19.4. The third kappa shape index (κ3) is 3.61. The number of alkyl halides is 3. The van der Waals surface area contributed by atoms with E-state index in [1.807, 2.05) is 0 Å². The van der Waals surface area contributed by atoms with Crippen molar-refractivity contribution in [2.24, 2.45) is 0 Å². The second-order valence-corrected chi connectivity index (χ2v) is 3.09. The fraction of sp³-hybridized carbons (Fsp3) is 0.300. The summed E-state index contributed by atoms with van der Waals surface area (Å²) in [6.45, 7) is 0. The summed E-state index contributed by atoms with van der Waals surface area (Å²) in [5, 5.41) is 9.03. The summed E-state index contributed by atoms with van der Waals surface area (Å²) in [5.41, 5.74) is 0.507. The average Bonchev–Trinajstić information content (AvgIpc) is 2.12. The second kappa shape index (κ2) is 4.33. The van der Waals surface area contributed by atoms with Crippen molar-refractivity contribution in [1.29, 1.82) is 0 Å². The zero-order valence-electron chi connectivity index (χ0n) is 7.71. The first-order chi connectivity index (χ1) is 6.89. The van der Waals surface area contributed by atoms with Gasteiger partial charge < -0.3 is 5.11 Å². The van der Waals surface area contributed by atoms with E-state index in [0.717, 1.165) is 0 Å². The zero-order chi connectivity index (χ0) is 11.5. The number of aromatic hydroxyl groups is 1. The van der Waals surface area contributed by atoms with Crippen molar-refractivity contribution >= 4 is 5.78 Å². The van der Waals surface area contributed by atoms with Crippen LogP contribution in [0.25, 0.3) is 0 Å². The number of benzene rings is 1. The molecule has 1 aromatic carbocycles. The summed E-state index contributed by atoms with van der Waals surface area (Å²) in [4.78, 5) is 10.5. The molecule has 0 radical (unpaired) electrons. The molecular formula is C10H9F3O2. The van der Waals surface area contributed by atoms with Gasteiger partial charge in [-0.3, -0.25) is 4.79 Å². The van der Waals surface area contributed by atoms with Crippen molar-refractivity contribution < 1.29 is 23.1 Å². The van der Waals surface area contributed by atoms with Gasteiger partial charge in [0.15, 0.2) is 0 Å². The number of hydrogen-bond acceptors (Lipinski definition) is 2. The summed E-state index contributed by atoms with van der Waals surface area (Å²) in [5.74, 6) is -1.77. The number of phenolic OH excluding ortho intramolecular Hbond substituents is 1. The molecule has 15 heavy (non-hydrogen) atoms. The molecule has 1 N–H and O–H groups in total. The molecular weight excluding hydrogens is 209 g/mol. The number of aryl methyl sites for hydroxylation is 1. The van der Waals surface area contributed by atoms with Gasteiger partial charge in [0.1, 0.15) is 5.75 Å². The quantitative estimate of drug-likeness (QED) is 0.846. The van der Waals surface area contributed by atoms with E-state index in [9.17, 15) is 18.0 Å². The maximum absolute atomic E-state index is 11.8. The molecule has 0 aromatic heterocycles. The van der Waals surface area contributed by atoms with Crippen LogP contribution in [0.5, 0.6) is 5.75 Å². The Labute approximate surface area is 84.3 Å². The molecule has 0 heterocycles. The lowest BCUT2D eigenvalue weighted by Gasteiger charge is -2.05. The van der Waals surface area contributed by atoms with E-state index in [0.29, 0.717) is 5.56 Å². The van der Waals surface area contributed by atoms with Crippen molar-refractivity contribution in [1.82, 2.24) is 0 Å². The number of hydrogen-bond donors (Lipinski definition) is 1. The summed E-state index contributed by atoms with van der Waals surface area (Å²) in [7, 11) is 0. The Kier molecular flexibility index (Phi) is 3.34. The molecule has 0 fully saturated rings.